The number of hydrogen-bond acceptors (Lipinski definition) is 4. The van der Waals surface area contributed by atoms with Gasteiger partial charge in [0, 0.05) is 15.5 Å². The molecule has 0 saturated heterocycles. The van der Waals surface area contributed by atoms with Gasteiger partial charge < -0.3 is 0 Å². The van der Waals surface area contributed by atoms with E-state index in [9.17, 15) is 18.8 Å². The van der Waals surface area contributed by atoms with Crippen molar-refractivity contribution in [1.29, 1.82) is 5.26 Å². The van der Waals surface area contributed by atoms with Crippen LogP contribution in [0.3, 0.4) is 0 Å². The van der Waals surface area contributed by atoms with Gasteiger partial charge in [-0.05, 0) is 35.2 Å². The Morgan fingerprint density at radius 1 is 1.14 bits per heavy atom. The van der Waals surface area contributed by atoms with Crippen LogP contribution in [0.15, 0.2) is 35.7 Å². The van der Waals surface area contributed by atoms with Crippen molar-refractivity contribution < 1.29 is 13.6 Å². The van der Waals surface area contributed by atoms with Gasteiger partial charge in [-0.3, -0.25) is 4.79 Å². The van der Waals surface area contributed by atoms with Gasteiger partial charge >= 0.3 is 0 Å². The maximum atomic E-state index is 13.3. The molecule has 1 unspecified atom stereocenters. The minimum absolute atomic E-state index is 0.0387. The molecule has 3 aromatic rings. The van der Waals surface area contributed by atoms with Gasteiger partial charge in [0.2, 0.25) is 0 Å². The van der Waals surface area contributed by atoms with E-state index in [1.807, 2.05) is 17.5 Å². The summed E-state index contributed by atoms with van der Waals surface area (Å²) in [4.78, 5) is 12.8. The molecule has 1 atom stereocenters. The summed E-state index contributed by atoms with van der Waals surface area (Å²) in [6.45, 7) is 0. The van der Waals surface area contributed by atoms with Crippen molar-refractivity contribution in [2.75, 3.05) is 0 Å². The number of Topliss-reactive ketones (excluding diaryl/α,β-unsaturated/α-hetero) is 1. The van der Waals surface area contributed by atoms with Crippen LogP contribution in [0.5, 0.6) is 0 Å². The number of rotatable bonds is 3. The first-order chi connectivity index (χ1) is 10.1. The summed E-state index contributed by atoms with van der Waals surface area (Å²) in [5.41, 5.74) is 0.0387. The lowest BCUT2D eigenvalue weighted by atomic mass is 9.95. The van der Waals surface area contributed by atoms with Crippen LogP contribution >= 0.6 is 22.7 Å². The Morgan fingerprint density at radius 3 is 2.48 bits per heavy atom. The van der Waals surface area contributed by atoms with Crippen LogP contribution in [0.2, 0.25) is 0 Å². The van der Waals surface area contributed by atoms with Crippen LogP contribution in [-0.2, 0) is 0 Å². The molecule has 0 amide bonds. The van der Waals surface area contributed by atoms with E-state index in [0.29, 0.717) is 10.9 Å². The second-order valence-corrected chi connectivity index (χ2v) is 6.42. The number of halogens is 2. The van der Waals surface area contributed by atoms with E-state index in [-0.39, 0.29) is 5.56 Å². The lowest BCUT2D eigenvalue weighted by Gasteiger charge is -2.07. The Balaban J connectivity index is 2.01. The summed E-state index contributed by atoms with van der Waals surface area (Å²) in [7, 11) is 0. The molecule has 0 aliphatic rings. The van der Waals surface area contributed by atoms with Crippen LogP contribution in [0.1, 0.15) is 21.2 Å². The summed E-state index contributed by atoms with van der Waals surface area (Å²) in [5, 5.41) is 11.1. The fourth-order valence-electron chi connectivity index (χ4n) is 2.06. The Morgan fingerprint density at radius 2 is 1.86 bits per heavy atom. The second-order valence-electron chi connectivity index (χ2n) is 4.39. The number of hydrogen-bond donors (Lipinski definition) is 0. The first-order valence-electron chi connectivity index (χ1n) is 5.95. The molecular formula is C15H7F2NOS2. The largest absolute Gasteiger partial charge is 0.291 e. The fourth-order valence-corrected chi connectivity index (χ4v) is 4.13. The minimum atomic E-state index is -1.21. The highest BCUT2D eigenvalue weighted by atomic mass is 32.1. The van der Waals surface area contributed by atoms with E-state index >= 15 is 0 Å². The molecule has 21 heavy (non-hydrogen) atoms. The number of thiophene rings is 2. The van der Waals surface area contributed by atoms with Crippen molar-refractivity contribution in [3.63, 3.8) is 0 Å². The normalized spacial score (nSPS) is 12.2. The molecule has 0 aliphatic heterocycles. The van der Waals surface area contributed by atoms with E-state index in [1.54, 1.807) is 6.07 Å². The summed E-state index contributed by atoms with van der Waals surface area (Å²) in [6, 6.07) is 8.19. The Labute approximate surface area is 126 Å². The van der Waals surface area contributed by atoms with Crippen molar-refractivity contribution in [2.45, 2.75) is 5.92 Å². The average Bonchev–Trinajstić information content (AvgIpc) is 2.98. The quantitative estimate of drug-likeness (QED) is 0.655. The molecule has 2 aromatic heterocycles. The third kappa shape index (κ3) is 2.58. The lowest BCUT2D eigenvalue weighted by Crippen LogP contribution is -2.10. The molecular weight excluding hydrogens is 312 g/mol. The zero-order valence-electron chi connectivity index (χ0n) is 10.5. The van der Waals surface area contributed by atoms with Crippen LogP contribution in [0.25, 0.3) is 9.40 Å². The molecule has 0 N–H and O–H groups in total. The zero-order valence-corrected chi connectivity index (χ0v) is 12.1. The highest BCUT2D eigenvalue weighted by Gasteiger charge is 2.24. The van der Waals surface area contributed by atoms with Crippen LogP contribution in [0, 0.1) is 23.0 Å². The Bertz CT molecular complexity index is 827. The first kappa shape index (κ1) is 13.9. The minimum Gasteiger partial charge on any atom is -0.291 e. The maximum Gasteiger partial charge on any atom is 0.194 e. The summed E-state index contributed by atoms with van der Waals surface area (Å²) < 4.78 is 28.4. The van der Waals surface area contributed by atoms with Crippen molar-refractivity contribution in [3.05, 3.63) is 57.8 Å². The van der Waals surface area contributed by atoms with Gasteiger partial charge in [0.15, 0.2) is 5.78 Å². The number of nitrogens with zero attached hydrogens (tertiary/aromatic N) is 1. The monoisotopic (exact) mass is 319 g/mol. The maximum absolute atomic E-state index is 13.3. The summed E-state index contributed by atoms with van der Waals surface area (Å²) in [5.74, 6) is -3.24. The number of benzene rings is 1. The molecule has 0 spiro atoms. The molecule has 1 aromatic carbocycles. The third-order valence-electron chi connectivity index (χ3n) is 2.99. The highest BCUT2D eigenvalue weighted by Crippen LogP contribution is 2.33. The Kier molecular flexibility index (Phi) is 3.53. The number of ketones is 1. The molecule has 0 bridgehead atoms. The topological polar surface area (TPSA) is 40.9 Å². The van der Waals surface area contributed by atoms with Gasteiger partial charge in [-0.15, -0.1) is 22.7 Å². The smallest absolute Gasteiger partial charge is 0.194 e. The molecule has 0 aliphatic carbocycles. The summed E-state index contributed by atoms with van der Waals surface area (Å²) in [6.07, 6.45) is 0. The van der Waals surface area contributed by atoms with Crippen molar-refractivity contribution in [2.24, 2.45) is 0 Å². The van der Waals surface area contributed by atoms with Crippen LogP contribution < -0.4 is 0 Å². The van der Waals surface area contributed by atoms with Gasteiger partial charge in [-0.2, -0.15) is 5.26 Å². The van der Waals surface area contributed by atoms with Gasteiger partial charge in [0.25, 0.3) is 0 Å². The van der Waals surface area contributed by atoms with Gasteiger partial charge in [-0.25, -0.2) is 8.78 Å². The molecule has 104 valence electrons. The van der Waals surface area contributed by atoms with E-state index in [0.717, 1.165) is 21.5 Å². The molecule has 3 rings (SSSR count). The number of carbonyl (C=O) groups is 1. The first-order valence-corrected chi connectivity index (χ1v) is 7.65. The van der Waals surface area contributed by atoms with Crippen LogP contribution in [0.4, 0.5) is 8.78 Å². The number of fused-ring (bicyclic) bond motifs is 1. The SMILES string of the molecule is N#CC(C(=O)c1cc2sccc2s1)c1cc(F)cc(F)c1. The Hall–Kier alpha value is -2.10. The molecule has 0 saturated carbocycles. The number of nitriles is 1. The molecule has 0 radical (unpaired) electrons. The average molecular weight is 319 g/mol. The van der Waals surface area contributed by atoms with Gasteiger partial charge in [-0.1, -0.05) is 0 Å². The van der Waals surface area contributed by atoms with Gasteiger partial charge in [0.1, 0.15) is 17.6 Å². The summed E-state index contributed by atoms with van der Waals surface area (Å²) >= 11 is 2.78. The van der Waals surface area contributed by atoms with E-state index < -0.39 is 23.3 Å². The predicted molar refractivity (Wildman–Crippen MR) is 78.7 cm³/mol. The lowest BCUT2D eigenvalue weighted by molar-refractivity contribution is 0.0983. The number of carbonyl (C=O) groups excluding carboxylic acids is 1. The van der Waals surface area contributed by atoms with E-state index in [4.69, 9.17) is 0 Å². The van der Waals surface area contributed by atoms with Crippen molar-refractivity contribution in [1.82, 2.24) is 0 Å². The third-order valence-corrected chi connectivity index (χ3v) is 5.10. The van der Waals surface area contributed by atoms with Crippen LogP contribution in [-0.4, -0.2) is 5.78 Å². The van der Waals surface area contributed by atoms with E-state index in [2.05, 4.69) is 0 Å². The molecule has 0 fully saturated rings. The fraction of sp³-hybridized carbons (Fsp3) is 0.0667. The molecule has 2 heterocycles. The second kappa shape index (κ2) is 5.35. The van der Waals surface area contributed by atoms with Gasteiger partial charge in [0.05, 0.1) is 10.9 Å². The standard InChI is InChI=1S/C15H7F2NOS2/c16-9-3-8(4-10(17)5-9)11(7-18)15(19)14-6-13-12(21-14)1-2-20-13/h1-6,11H. The van der Waals surface area contributed by atoms with Crippen molar-refractivity contribution >= 4 is 37.9 Å². The zero-order chi connectivity index (χ0) is 15.0. The van der Waals surface area contributed by atoms with Crippen molar-refractivity contribution in [3.8, 4) is 6.07 Å². The predicted octanol–water partition coefficient (Wildman–Crippen LogP) is 4.73. The highest BCUT2D eigenvalue weighted by molar-refractivity contribution is 7.27. The molecule has 6 heteroatoms. The molecule has 2 nitrogen and oxygen atoms in total. The van der Waals surface area contributed by atoms with E-state index in [1.165, 1.54) is 22.7 Å².